The number of ether oxygens (including phenoxy) is 1. The van der Waals surface area contributed by atoms with E-state index >= 15 is 0 Å². The predicted octanol–water partition coefficient (Wildman–Crippen LogP) is 2.39. The maximum absolute atomic E-state index is 12.2. The first-order valence-corrected chi connectivity index (χ1v) is 8.91. The van der Waals surface area contributed by atoms with Crippen LogP contribution in [0.25, 0.3) is 0 Å². The second-order valence-electron chi connectivity index (χ2n) is 6.23. The van der Waals surface area contributed by atoms with Gasteiger partial charge in [-0.25, -0.2) is 0 Å². The average Bonchev–Trinajstić information content (AvgIpc) is 2.64. The van der Waals surface area contributed by atoms with Gasteiger partial charge < -0.3 is 15.0 Å². The maximum Gasteiger partial charge on any atom is 0.260 e. The molecule has 2 rings (SSSR count). The zero-order valence-corrected chi connectivity index (χ0v) is 14.7. The Morgan fingerprint density at radius 2 is 1.83 bits per heavy atom. The number of carbonyl (C=O) groups excluding carboxylic acids is 2. The lowest BCUT2D eigenvalue weighted by atomic mass is 9.96. The molecule has 0 unspecified atom stereocenters. The van der Waals surface area contributed by atoms with Crippen LogP contribution in [0.1, 0.15) is 38.7 Å². The van der Waals surface area contributed by atoms with E-state index in [4.69, 9.17) is 4.74 Å². The molecule has 0 saturated carbocycles. The van der Waals surface area contributed by atoms with Crippen LogP contribution in [0.5, 0.6) is 5.75 Å². The molecule has 0 aliphatic carbocycles. The molecule has 132 valence electrons. The first kappa shape index (κ1) is 18.3. The minimum absolute atomic E-state index is 0.0121. The van der Waals surface area contributed by atoms with Gasteiger partial charge in [-0.15, -0.1) is 0 Å². The number of carbonyl (C=O) groups is 2. The van der Waals surface area contributed by atoms with E-state index in [0.29, 0.717) is 13.1 Å². The third-order valence-electron chi connectivity index (χ3n) is 4.46. The van der Waals surface area contributed by atoms with Gasteiger partial charge >= 0.3 is 0 Å². The van der Waals surface area contributed by atoms with Crippen LogP contribution in [0.15, 0.2) is 24.3 Å². The van der Waals surface area contributed by atoms with Crippen molar-refractivity contribution in [3.63, 3.8) is 0 Å². The summed E-state index contributed by atoms with van der Waals surface area (Å²) in [6, 6.07) is 7.83. The Morgan fingerprint density at radius 1 is 1.17 bits per heavy atom. The molecule has 0 radical (unpaired) electrons. The van der Waals surface area contributed by atoms with E-state index in [0.717, 1.165) is 38.0 Å². The number of hydrogen-bond acceptors (Lipinski definition) is 3. The molecule has 2 amide bonds. The van der Waals surface area contributed by atoms with Crippen LogP contribution in [-0.4, -0.2) is 43.0 Å². The van der Waals surface area contributed by atoms with Gasteiger partial charge in [-0.1, -0.05) is 26.0 Å². The first-order valence-electron chi connectivity index (χ1n) is 8.91. The molecule has 24 heavy (non-hydrogen) atoms. The number of benzene rings is 1. The maximum atomic E-state index is 12.2. The number of amides is 2. The van der Waals surface area contributed by atoms with Crippen molar-refractivity contribution in [1.29, 1.82) is 0 Å². The predicted molar refractivity (Wildman–Crippen MR) is 93.9 cm³/mol. The molecule has 1 aromatic carbocycles. The van der Waals surface area contributed by atoms with E-state index < -0.39 is 0 Å². The lowest BCUT2D eigenvalue weighted by Gasteiger charge is -2.31. The molecule has 0 spiro atoms. The highest BCUT2D eigenvalue weighted by atomic mass is 16.5. The van der Waals surface area contributed by atoms with Crippen molar-refractivity contribution in [3.05, 3.63) is 29.8 Å². The van der Waals surface area contributed by atoms with Crippen LogP contribution in [0.2, 0.25) is 0 Å². The zero-order chi connectivity index (χ0) is 17.4. The molecule has 1 aromatic rings. The molecule has 0 bridgehead atoms. The Hall–Kier alpha value is -2.04. The molecule has 0 aromatic heterocycles. The largest absolute Gasteiger partial charge is 0.484 e. The summed E-state index contributed by atoms with van der Waals surface area (Å²) in [6.45, 7) is 6.17. The SMILES string of the molecule is CCCNC(=O)C1CCN(C(=O)COc2ccc(CC)cc2)CC1. The highest BCUT2D eigenvalue weighted by Crippen LogP contribution is 2.18. The number of nitrogens with one attached hydrogen (secondary N) is 1. The Kier molecular flexibility index (Phi) is 7.09. The second-order valence-corrected chi connectivity index (χ2v) is 6.23. The van der Waals surface area contributed by atoms with E-state index in [1.54, 1.807) is 4.90 Å². The van der Waals surface area contributed by atoms with Crippen molar-refractivity contribution in [2.75, 3.05) is 26.2 Å². The molecular formula is C19H28N2O3. The van der Waals surface area contributed by atoms with Gasteiger partial charge in [0, 0.05) is 25.6 Å². The van der Waals surface area contributed by atoms with E-state index in [1.165, 1.54) is 5.56 Å². The Bertz CT molecular complexity index is 534. The van der Waals surface area contributed by atoms with Crippen molar-refractivity contribution >= 4 is 11.8 Å². The summed E-state index contributed by atoms with van der Waals surface area (Å²) < 4.78 is 5.58. The highest BCUT2D eigenvalue weighted by Gasteiger charge is 2.27. The fraction of sp³-hybridized carbons (Fsp3) is 0.579. The normalized spacial score (nSPS) is 15.2. The van der Waals surface area contributed by atoms with Gasteiger partial charge in [-0.05, 0) is 43.4 Å². The van der Waals surface area contributed by atoms with Gasteiger partial charge in [0.2, 0.25) is 5.91 Å². The standard InChI is InChI=1S/C19H28N2O3/c1-3-11-20-19(23)16-9-12-21(13-10-16)18(22)14-24-17-7-5-15(4-2)6-8-17/h5-8,16H,3-4,9-14H2,1-2H3,(H,20,23). The lowest BCUT2D eigenvalue weighted by Crippen LogP contribution is -2.44. The summed E-state index contributed by atoms with van der Waals surface area (Å²) >= 11 is 0. The molecule has 1 aliphatic rings. The third-order valence-corrected chi connectivity index (χ3v) is 4.46. The molecule has 1 fully saturated rings. The fourth-order valence-corrected chi connectivity index (χ4v) is 2.84. The Balaban J connectivity index is 1.73. The topological polar surface area (TPSA) is 58.6 Å². The van der Waals surface area contributed by atoms with Gasteiger partial charge in [0.15, 0.2) is 6.61 Å². The molecule has 1 heterocycles. The van der Waals surface area contributed by atoms with E-state index in [9.17, 15) is 9.59 Å². The van der Waals surface area contributed by atoms with Gasteiger partial charge in [0.1, 0.15) is 5.75 Å². The third kappa shape index (κ3) is 5.25. The van der Waals surface area contributed by atoms with Crippen molar-refractivity contribution in [2.45, 2.75) is 39.5 Å². The number of likely N-dealkylation sites (tertiary alicyclic amines) is 1. The lowest BCUT2D eigenvalue weighted by molar-refractivity contribution is -0.137. The molecule has 5 nitrogen and oxygen atoms in total. The number of aryl methyl sites for hydroxylation is 1. The summed E-state index contributed by atoms with van der Waals surface area (Å²) in [5.74, 6) is 0.857. The number of hydrogen-bond donors (Lipinski definition) is 1. The van der Waals surface area contributed by atoms with Crippen LogP contribution in [0.4, 0.5) is 0 Å². The van der Waals surface area contributed by atoms with Crippen molar-refractivity contribution in [3.8, 4) is 5.75 Å². The molecular weight excluding hydrogens is 304 g/mol. The first-order chi connectivity index (χ1) is 11.6. The van der Waals surface area contributed by atoms with Crippen LogP contribution in [0.3, 0.4) is 0 Å². The van der Waals surface area contributed by atoms with Crippen LogP contribution < -0.4 is 10.1 Å². The smallest absolute Gasteiger partial charge is 0.260 e. The highest BCUT2D eigenvalue weighted by molar-refractivity contribution is 5.80. The van der Waals surface area contributed by atoms with Gasteiger partial charge in [0.05, 0.1) is 0 Å². The number of piperidine rings is 1. The molecule has 1 aliphatic heterocycles. The summed E-state index contributed by atoms with van der Waals surface area (Å²) in [6.07, 6.45) is 3.39. The summed E-state index contributed by atoms with van der Waals surface area (Å²) in [7, 11) is 0. The van der Waals surface area contributed by atoms with Gasteiger partial charge in [0.25, 0.3) is 5.91 Å². The molecule has 0 atom stereocenters. The van der Waals surface area contributed by atoms with Gasteiger partial charge in [-0.2, -0.15) is 0 Å². The minimum Gasteiger partial charge on any atom is -0.484 e. The summed E-state index contributed by atoms with van der Waals surface area (Å²) in [5.41, 5.74) is 1.25. The average molecular weight is 332 g/mol. The van der Waals surface area contributed by atoms with E-state index in [2.05, 4.69) is 12.2 Å². The zero-order valence-electron chi connectivity index (χ0n) is 14.7. The molecule has 5 heteroatoms. The number of nitrogens with zero attached hydrogens (tertiary/aromatic N) is 1. The quantitative estimate of drug-likeness (QED) is 0.834. The van der Waals surface area contributed by atoms with Crippen molar-refractivity contribution in [1.82, 2.24) is 10.2 Å². The van der Waals surface area contributed by atoms with E-state index in [-0.39, 0.29) is 24.3 Å². The summed E-state index contributed by atoms with van der Waals surface area (Å²) in [4.78, 5) is 26.0. The van der Waals surface area contributed by atoms with Crippen molar-refractivity contribution < 1.29 is 14.3 Å². The van der Waals surface area contributed by atoms with E-state index in [1.807, 2.05) is 31.2 Å². The van der Waals surface area contributed by atoms with Gasteiger partial charge in [-0.3, -0.25) is 9.59 Å². The minimum atomic E-state index is -0.0121. The Morgan fingerprint density at radius 3 is 2.42 bits per heavy atom. The summed E-state index contributed by atoms with van der Waals surface area (Å²) in [5, 5.41) is 2.93. The number of rotatable bonds is 7. The monoisotopic (exact) mass is 332 g/mol. The Labute approximate surface area is 144 Å². The van der Waals surface area contributed by atoms with Crippen LogP contribution >= 0.6 is 0 Å². The van der Waals surface area contributed by atoms with Crippen LogP contribution in [-0.2, 0) is 16.0 Å². The molecule has 1 N–H and O–H groups in total. The van der Waals surface area contributed by atoms with Crippen molar-refractivity contribution in [2.24, 2.45) is 5.92 Å². The van der Waals surface area contributed by atoms with Crippen LogP contribution in [0, 0.1) is 5.92 Å². The molecule has 1 saturated heterocycles. The fourth-order valence-electron chi connectivity index (χ4n) is 2.84. The second kappa shape index (κ2) is 9.30.